The van der Waals surface area contributed by atoms with Gasteiger partial charge in [-0.05, 0) is 18.6 Å². The zero-order valence-corrected chi connectivity index (χ0v) is 9.70. The van der Waals surface area contributed by atoms with Gasteiger partial charge in [-0.2, -0.15) is 0 Å². The van der Waals surface area contributed by atoms with Gasteiger partial charge in [0.2, 0.25) is 0 Å². The normalized spacial score (nSPS) is 12.3. The predicted octanol–water partition coefficient (Wildman–Crippen LogP) is 2.11. The van der Waals surface area contributed by atoms with Crippen LogP contribution < -0.4 is 9.47 Å². The van der Waals surface area contributed by atoms with E-state index in [-0.39, 0.29) is 12.5 Å². The maximum atomic E-state index is 9.17. The number of aliphatic hydroxyl groups excluding tert-OH is 1. The second-order valence-electron chi connectivity index (χ2n) is 3.64. The first-order chi connectivity index (χ1) is 7.13. The van der Waals surface area contributed by atoms with Crippen molar-refractivity contribution in [3.8, 4) is 11.5 Å². The number of rotatable bonds is 4. The van der Waals surface area contributed by atoms with Gasteiger partial charge in [0.15, 0.2) is 0 Å². The molecule has 1 aromatic rings. The smallest absolute Gasteiger partial charge is 0.126 e. The summed E-state index contributed by atoms with van der Waals surface area (Å²) in [4.78, 5) is 0. The molecule has 0 fully saturated rings. The fraction of sp³-hybridized carbons (Fsp3) is 0.500. The van der Waals surface area contributed by atoms with Gasteiger partial charge in [-0.1, -0.05) is 6.92 Å². The fourth-order valence-electron chi connectivity index (χ4n) is 1.74. The Bertz CT molecular complexity index is 334. The summed E-state index contributed by atoms with van der Waals surface area (Å²) in [5.41, 5.74) is 2.12. The first-order valence-corrected chi connectivity index (χ1v) is 4.97. The maximum absolute atomic E-state index is 9.17. The van der Waals surface area contributed by atoms with E-state index < -0.39 is 0 Å². The molecular formula is C12H18O3. The molecule has 15 heavy (non-hydrogen) atoms. The highest BCUT2D eigenvalue weighted by atomic mass is 16.5. The van der Waals surface area contributed by atoms with Gasteiger partial charge < -0.3 is 14.6 Å². The summed E-state index contributed by atoms with van der Waals surface area (Å²) in [6.45, 7) is 4.08. The lowest BCUT2D eigenvalue weighted by atomic mass is 9.95. The van der Waals surface area contributed by atoms with Gasteiger partial charge in [0.1, 0.15) is 11.5 Å². The highest BCUT2D eigenvalue weighted by molar-refractivity contribution is 5.47. The number of methoxy groups -OCH3 is 2. The van der Waals surface area contributed by atoms with Crippen LogP contribution in [0.25, 0.3) is 0 Å². The molecule has 0 saturated heterocycles. The van der Waals surface area contributed by atoms with E-state index in [4.69, 9.17) is 9.47 Å². The summed E-state index contributed by atoms with van der Waals surface area (Å²) in [6.07, 6.45) is 0. The molecule has 0 bridgehead atoms. The predicted molar refractivity (Wildman–Crippen MR) is 59.8 cm³/mol. The van der Waals surface area contributed by atoms with Crippen molar-refractivity contribution >= 4 is 0 Å². The number of benzene rings is 1. The third kappa shape index (κ3) is 2.42. The number of aliphatic hydroxyl groups is 1. The molecule has 1 atom stereocenters. The molecule has 0 aliphatic carbocycles. The van der Waals surface area contributed by atoms with Crippen molar-refractivity contribution in [3.63, 3.8) is 0 Å². The average molecular weight is 210 g/mol. The highest BCUT2D eigenvalue weighted by Gasteiger charge is 2.15. The molecule has 0 heterocycles. The molecule has 0 saturated carbocycles. The average Bonchev–Trinajstić information content (AvgIpc) is 2.26. The van der Waals surface area contributed by atoms with Crippen LogP contribution >= 0.6 is 0 Å². The van der Waals surface area contributed by atoms with Gasteiger partial charge in [0, 0.05) is 24.2 Å². The molecule has 1 aromatic carbocycles. The van der Waals surface area contributed by atoms with E-state index in [1.165, 1.54) is 0 Å². The highest BCUT2D eigenvalue weighted by Crippen LogP contribution is 2.33. The van der Waals surface area contributed by atoms with Crippen molar-refractivity contribution in [1.82, 2.24) is 0 Å². The Balaban J connectivity index is 3.24. The molecule has 1 unspecified atom stereocenters. The van der Waals surface area contributed by atoms with E-state index in [2.05, 4.69) is 0 Å². The van der Waals surface area contributed by atoms with Crippen LogP contribution in [0.3, 0.4) is 0 Å². The van der Waals surface area contributed by atoms with Crippen molar-refractivity contribution in [3.05, 3.63) is 23.3 Å². The van der Waals surface area contributed by atoms with Crippen LogP contribution in [-0.4, -0.2) is 25.9 Å². The minimum atomic E-state index is 0.0749. The first kappa shape index (κ1) is 11.9. The lowest BCUT2D eigenvalue weighted by molar-refractivity contribution is 0.269. The zero-order valence-electron chi connectivity index (χ0n) is 9.70. The van der Waals surface area contributed by atoms with Gasteiger partial charge in [-0.3, -0.25) is 0 Å². The molecule has 0 radical (unpaired) electrons. The zero-order chi connectivity index (χ0) is 11.4. The molecule has 3 heteroatoms. The fourth-order valence-corrected chi connectivity index (χ4v) is 1.74. The van der Waals surface area contributed by atoms with Crippen LogP contribution in [0.2, 0.25) is 0 Å². The minimum Gasteiger partial charge on any atom is -0.497 e. The number of ether oxygens (including phenoxy) is 2. The monoisotopic (exact) mass is 210 g/mol. The lowest BCUT2D eigenvalue weighted by Crippen LogP contribution is -2.04. The Morgan fingerprint density at radius 2 is 1.93 bits per heavy atom. The largest absolute Gasteiger partial charge is 0.497 e. The van der Waals surface area contributed by atoms with E-state index in [1.54, 1.807) is 14.2 Å². The summed E-state index contributed by atoms with van der Waals surface area (Å²) < 4.78 is 10.5. The van der Waals surface area contributed by atoms with Gasteiger partial charge in [-0.15, -0.1) is 0 Å². The maximum Gasteiger partial charge on any atom is 0.126 e. The quantitative estimate of drug-likeness (QED) is 0.827. The Morgan fingerprint density at radius 1 is 1.27 bits per heavy atom. The summed E-state index contributed by atoms with van der Waals surface area (Å²) >= 11 is 0. The number of hydrogen-bond acceptors (Lipinski definition) is 3. The molecular weight excluding hydrogens is 192 g/mol. The molecule has 0 spiro atoms. The number of aryl methyl sites for hydroxylation is 1. The Labute approximate surface area is 90.6 Å². The number of hydrogen-bond donors (Lipinski definition) is 1. The van der Waals surface area contributed by atoms with Gasteiger partial charge in [-0.25, -0.2) is 0 Å². The van der Waals surface area contributed by atoms with Crippen LogP contribution in [0, 0.1) is 6.92 Å². The van der Waals surface area contributed by atoms with Gasteiger partial charge in [0.05, 0.1) is 14.2 Å². The SMILES string of the molecule is COc1cc(C)c(C(C)CO)c(OC)c1. The molecule has 0 aliphatic heterocycles. The van der Waals surface area contributed by atoms with E-state index >= 15 is 0 Å². The van der Waals surface area contributed by atoms with Crippen LogP contribution in [0.15, 0.2) is 12.1 Å². The molecule has 0 amide bonds. The molecule has 3 nitrogen and oxygen atoms in total. The van der Waals surface area contributed by atoms with Crippen molar-refractivity contribution < 1.29 is 14.6 Å². The van der Waals surface area contributed by atoms with Crippen molar-refractivity contribution in [2.24, 2.45) is 0 Å². The Morgan fingerprint density at radius 3 is 2.40 bits per heavy atom. The van der Waals surface area contributed by atoms with Gasteiger partial charge >= 0.3 is 0 Å². The van der Waals surface area contributed by atoms with E-state index in [9.17, 15) is 5.11 Å². The van der Waals surface area contributed by atoms with Crippen molar-refractivity contribution in [2.75, 3.05) is 20.8 Å². The Kier molecular flexibility index (Phi) is 3.97. The van der Waals surface area contributed by atoms with Crippen LogP contribution in [-0.2, 0) is 0 Å². The van der Waals surface area contributed by atoms with Crippen LogP contribution in [0.5, 0.6) is 11.5 Å². The third-order valence-corrected chi connectivity index (χ3v) is 2.54. The van der Waals surface area contributed by atoms with E-state index in [0.717, 1.165) is 22.6 Å². The van der Waals surface area contributed by atoms with Crippen molar-refractivity contribution in [1.29, 1.82) is 0 Å². The van der Waals surface area contributed by atoms with Crippen LogP contribution in [0.1, 0.15) is 24.0 Å². The molecule has 0 aliphatic rings. The van der Waals surface area contributed by atoms with Gasteiger partial charge in [0.25, 0.3) is 0 Å². The molecule has 1 rings (SSSR count). The first-order valence-electron chi connectivity index (χ1n) is 4.97. The minimum absolute atomic E-state index is 0.0749. The second kappa shape index (κ2) is 5.03. The second-order valence-corrected chi connectivity index (χ2v) is 3.64. The third-order valence-electron chi connectivity index (χ3n) is 2.54. The summed E-state index contributed by atoms with van der Waals surface area (Å²) in [7, 11) is 3.26. The van der Waals surface area contributed by atoms with Crippen molar-refractivity contribution in [2.45, 2.75) is 19.8 Å². The molecule has 1 N–H and O–H groups in total. The molecule has 0 aromatic heterocycles. The topological polar surface area (TPSA) is 38.7 Å². The Hall–Kier alpha value is -1.22. The van der Waals surface area contributed by atoms with E-state index in [0.29, 0.717) is 0 Å². The summed E-state index contributed by atoms with van der Waals surface area (Å²) in [5.74, 6) is 1.62. The standard InChI is InChI=1S/C12H18O3/c1-8-5-10(14-3)6-11(15-4)12(8)9(2)7-13/h5-6,9,13H,7H2,1-4H3. The molecule has 84 valence electrons. The summed E-state index contributed by atoms with van der Waals surface area (Å²) in [6, 6.07) is 3.79. The van der Waals surface area contributed by atoms with Crippen LogP contribution in [0.4, 0.5) is 0 Å². The summed E-state index contributed by atoms with van der Waals surface area (Å²) in [5, 5.41) is 9.17. The lowest BCUT2D eigenvalue weighted by Gasteiger charge is -2.17. The van der Waals surface area contributed by atoms with E-state index in [1.807, 2.05) is 26.0 Å².